The van der Waals surface area contributed by atoms with Gasteiger partial charge in [-0.3, -0.25) is 4.79 Å². The minimum absolute atomic E-state index is 0.106. The predicted octanol–water partition coefficient (Wildman–Crippen LogP) is 5.61. The van der Waals surface area contributed by atoms with E-state index >= 15 is 0 Å². The second-order valence-electron chi connectivity index (χ2n) is 7.96. The van der Waals surface area contributed by atoms with E-state index in [0.29, 0.717) is 10.7 Å². The fraction of sp³-hybridized carbons (Fsp3) is 0.200. The Balaban J connectivity index is 1.43. The number of rotatable bonds is 8. The van der Waals surface area contributed by atoms with Crippen molar-refractivity contribution in [2.75, 3.05) is 38.2 Å². The van der Waals surface area contributed by atoms with Crippen molar-refractivity contribution in [2.45, 2.75) is 14.7 Å². The predicted molar refractivity (Wildman–Crippen MR) is 147 cm³/mol. The number of para-hydroxylation sites is 1. The molecular weight excluding hydrogens is 595 g/mol. The van der Waals surface area contributed by atoms with Crippen molar-refractivity contribution in [2.24, 2.45) is 0 Å². The zero-order valence-electron chi connectivity index (χ0n) is 19.7. The van der Waals surface area contributed by atoms with Gasteiger partial charge in [0.05, 0.1) is 34.5 Å². The molecule has 3 aromatic rings. The minimum Gasteiger partial charge on any atom is -0.452 e. The summed E-state index contributed by atoms with van der Waals surface area (Å²) in [7, 11) is -4.00. The van der Waals surface area contributed by atoms with Gasteiger partial charge in [0, 0.05) is 27.9 Å². The van der Waals surface area contributed by atoms with Crippen LogP contribution in [-0.2, 0) is 24.3 Å². The number of carbonyl (C=O) groups excluding carboxylic acids is 2. The van der Waals surface area contributed by atoms with Crippen molar-refractivity contribution in [3.8, 4) is 0 Å². The number of halogens is 3. The van der Waals surface area contributed by atoms with Gasteiger partial charge < -0.3 is 14.8 Å². The molecule has 1 saturated heterocycles. The topological polar surface area (TPSA) is 102 Å². The number of benzene rings is 3. The van der Waals surface area contributed by atoms with Crippen molar-refractivity contribution in [3.63, 3.8) is 0 Å². The summed E-state index contributed by atoms with van der Waals surface area (Å²) in [4.78, 5) is 26.7. The second-order valence-corrected chi connectivity index (χ2v) is 12.2. The fourth-order valence-corrected chi connectivity index (χ4v) is 6.75. The van der Waals surface area contributed by atoms with Gasteiger partial charge in [0.15, 0.2) is 6.61 Å². The monoisotopic (exact) mass is 614 g/mol. The summed E-state index contributed by atoms with van der Waals surface area (Å²) in [5.41, 5.74) is 0.298. The molecule has 1 amide bonds. The highest BCUT2D eigenvalue weighted by molar-refractivity contribution is 7.99. The SMILES string of the molecule is O=C(COC(=O)c1cc(S(=O)(=O)N2CCOCC2)c(Cl)cc1Cl)Nc1ccccc1Sc1ccc(Cl)cc1. The third-order valence-corrected chi connectivity index (χ3v) is 9.38. The van der Waals surface area contributed by atoms with E-state index in [2.05, 4.69) is 5.32 Å². The third kappa shape index (κ3) is 7.01. The molecule has 0 atom stereocenters. The van der Waals surface area contributed by atoms with Gasteiger partial charge >= 0.3 is 5.97 Å². The van der Waals surface area contributed by atoms with Gasteiger partial charge in [0.2, 0.25) is 10.0 Å². The average Bonchev–Trinajstić information content (AvgIpc) is 2.90. The number of esters is 1. The van der Waals surface area contributed by atoms with Crippen molar-refractivity contribution in [1.82, 2.24) is 4.31 Å². The summed E-state index contributed by atoms with van der Waals surface area (Å²) in [5, 5.41) is 3.10. The zero-order valence-corrected chi connectivity index (χ0v) is 23.6. The first-order valence-electron chi connectivity index (χ1n) is 11.2. The van der Waals surface area contributed by atoms with Gasteiger partial charge in [-0.15, -0.1) is 0 Å². The van der Waals surface area contributed by atoms with E-state index in [0.717, 1.165) is 21.9 Å². The smallest absolute Gasteiger partial charge is 0.340 e. The van der Waals surface area contributed by atoms with Crippen molar-refractivity contribution < 1.29 is 27.5 Å². The van der Waals surface area contributed by atoms with Gasteiger partial charge in [0.25, 0.3) is 5.91 Å². The summed E-state index contributed by atoms with van der Waals surface area (Å²) in [6, 6.07) is 16.6. The molecule has 0 unspecified atom stereocenters. The highest BCUT2D eigenvalue weighted by Crippen LogP contribution is 2.34. The van der Waals surface area contributed by atoms with Gasteiger partial charge in [-0.1, -0.05) is 58.7 Å². The standard InChI is InChI=1S/C25H21Cl3N2O6S2/c26-16-5-7-17(8-6-16)37-22-4-2-1-3-21(22)29-24(31)15-36-25(32)18-13-23(20(28)14-19(18)27)38(33,34)30-9-11-35-12-10-30/h1-8,13-14H,9-12,15H2,(H,29,31). The van der Waals surface area contributed by atoms with Crippen LogP contribution in [0.5, 0.6) is 0 Å². The second kappa shape index (κ2) is 12.7. The number of carbonyl (C=O) groups is 2. The molecule has 38 heavy (non-hydrogen) atoms. The number of nitrogens with zero attached hydrogens (tertiary/aromatic N) is 1. The lowest BCUT2D eigenvalue weighted by molar-refractivity contribution is -0.119. The number of anilines is 1. The molecule has 1 fully saturated rings. The van der Waals surface area contributed by atoms with Crippen LogP contribution in [0.1, 0.15) is 10.4 Å². The molecule has 1 aliphatic rings. The third-order valence-electron chi connectivity index (χ3n) is 5.37. The summed E-state index contributed by atoms with van der Waals surface area (Å²) in [6.07, 6.45) is 0. The Morgan fingerprint density at radius 3 is 2.37 bits per heavy atom. The van der Waals surface area contributed by atoms with Crippen LogP contribution in [0.4, 0.5) is 5.69 Å². The van der Waals surface area contributed by atoms with E-state index < -0.39 is 28.5 Å². The highest BCUT2D eigenvalue weighted by atomic mass is 35.5. The molecule has 0 aromatic heterocycles. The number of hydrogen-bond donors (Lipinski definition) is 1. The van der Waals surface area contributed by atoms with E-state index in [1.807, 2.05) is 24.3 Å². The van der Waals surface area contributed by atoms with Gasteiger partial charge in [-0.2, -0.15) is 4.31 Å². The lowest BCUT2D eigenvalue weighted by atomic mass is 10.2. The molecule has 1 N–H and O–H groups in total. The van der Waals surface area contributed by atoms with Crippen LogP contribution >= 0.6 is 46.6 Å². The lowest BCUT2D eigenvalue weighted by Crippen LogP contribution is -2.40. The van der Waals surface area contributed by atoms with Crippen LogP contribution in [0.2, 0.25) is 15.1 Å². The molecule has 3 aromatic carbocycles. The molecule has 1 aliphatic heterocycles. The summed E-state index contributed by atoms with van der Waals surface area (Å²) in [6.45, 7) is 0.173. The summed E-state index contributed by atoms with van der Waals surface area (Å²) < 4.78 is 37.7. The molecular formula is C25H21Cl3N2O6S2. The molecule has 0 radical (unpaired) electrons. The zero-order chi connectivity index (χ0) is 27.3. The minimum atomic E-state index is -4.00. The molecule has 8 nitrogen and oxygen atoms in total. The molecule has 0 saturated carbocycles. The maximum atomic E-state index is 13.1. The van der Waals surface area contributed by atoms with Crippen LogP contribution in [0, 0.1) is 0 Å². The molecule has 13 heteroatoms. The van der Waals surface area contributed by atoms with E-state index in [-0.39, 0.29) is 46.8 Å². The molecule has 0 aliphatic carbocycles. The Morgan fingerprint density at radius 2 is 1.66 bits per heavy atom. The van der Waals surface area contributed by atoms with Crippen molar-refractivity contribution >= 4 is 74.2 Å². The fourth-order valence-electron chi connectivity index (χ4n) is 3.49. The molecule has 0 bridgehead atoms. The normalized spacial score (nSPS) is 14.2. The van der Waals surface area contributed by atoms with E-state index in [1.54, 1.807) is 24.3 Å². The Labute approximate surface area is 239 Å². The maximum Gasteiger partial charge on any atom is 0.340 e. The maximum absolute atomic E-state index is 13.1. The van der Waals surface area contributed by atoms with Gasteiger partial charge in [-0.05, 0) is 48.5 Å². The Bertz CT molecular complexity index is 1450. The first kappa shape index (κ1) is 28.7. The number of hydrogen-bond acceptors (Lipinski definition) is 7. The molecule has 4 rings (SSSR count). The van der Waals surface area contributed by atoms with Crippen LogP contribution < -0.4 is 5.32 Å². The summed E-state index contributed by atoms with van der Waals surface area (Å²) in [5.74, 6) is -1.56. The quantitative estimate of drug-likeness (QED) is 0.329. The molecule has 0 spiro atoms. The lowest BCUT2D eigenvalue weighted by Gasteiger charge is -2.26. The molecule has 200 valence electrons. The average molecular weight is 616 g/mol. The van der Waals surface area contributed by atoms with Gasteiger partial charge in [-0.25, -0.2) is 13.2 Å². The van der Waals surface area contributed by atoms with E-state index in [9.17, 15) is 18.0 Å². The first-order valence-corrected chi connectivity index (χ1v) is 14.6. The number of amides is 1. The Kier molecular flexibility index (Phi) is 9.59. The van der Waals surface area contributed by atoms with Gasteiger partial charge in [0.1, 0.15) is 4.90 Å². The van der Waals surface area contributed by atoms with Crippen LogP contribution in [0.15, 0.2) is 75.4 Å². The Hall–Kier alpha value is -2.31. The number of ether oxygens (including phenoxy) is 2. The highest BCUT2D eigenvalue weighted by Gasteiger charge is 2.30. The van der Waals surface area contributed by atoms with Crippen LogP contribution in [0.3, 0.4) is 0 Å². The Morgan fingerprint density at radius 1 is 0.974 bits per heavy atom. The van der Waals surface area contributed by atoms with Crippen LogP contribution in [-0.4, -0.2) is 57.5 Å². The molecule has 1 heterocycles. The van der Waals surface area contributed by atoms with E-state index in [1.165, 1.54) is 16.1 Å². The summed E-state index contributed by atoms with van der Waals surface area (Å²) >= 11 is 19.7. The van der Waals surface area contributed by atoms with E-state index in [4.69, 9.17) is 44.3 Å². The van der Waals surface area contributed by atoms with Crippen molar-refractivity contribution in [3.05, 3.63) is 81.3 Å². The van der Waals surface area contributed by atoms with Crippen LogP contribution in [0.25, 0.3) is 0 Å². The number of morpholine rings is 1. The number of sulfonamides is 1. The first-order chi connectivity index (χ1) is 18.1. The van der Waals surface area contributed by atoms with Crippen molar-refractivity contribution in [1.29, 1.82) is 0 Å². The largest absolute Gasteiger partial charge is 0.452 e. The number of nitrogens with one attached hydrogen (secondary N) is 1.